The van der Waals surface area contributed by atoms with E-state index in [0.29, 0.717) is 57.4 Å². The number of aliphatic hydroxyl groups is 1. The number of hydrogen-bond donors (Lipinski definition) is 3. The highest BCUT2D eigenvalue weighted by Crippen LogP contribution is 2.38. The van der Waals surface area contributed by atoms with Crippen LogP contribution in [-0.4, -0.2) is 83.2 Å². The van der Waals surface area contributed by atoms with Gasteiger partial charge in [0.2, 0.25) is 11.7 Å². The lowest BCUT2D eigenvalue weighted by Crippen LogP contribution is -2.63. The van der Waals surface area contributed by atoms with Crippen molar-refractivity contribution in [1.82, 2.24) is 20.4 Å². The predicted octanol–water partition coefficient (Wildman–Crippen LogP) is 4.66. The Balaban J connectivity index is 1.13. The van der Waals surface area contributed by atoms with Crippen LogP contribution in [0.25, 0.3) is 5.57 Å². The molecule has 3 heterocycles. The first kappa shape index (κ1) is 34.3. The van der Waals surface area contributed by atoms with Crippen molar-refractivity contribution in [3.05, 3.63) is 106 Å². The van der Waals surface area contributed by atoms with E-state index >= 15 is 0 Å². The van der Waals surface area contributed by atoms with Crippen LogP contribution in [0.5, 0.6) is 5.75 Å². The number of aliphatic hydroxyl groups excluding tert-OH is 1. The number of hydrogen-bond acceptors (Lipinski definition) is 6. The molecule has 1 unspecified atom stereocenters. The Morgan fingerprint density at radius 2 is 1.76 bits per heavy atom. The zero-order chi connectivity index (χ0) is 34.9. The summed E-state index contributed by atoms with van der Waals surface area (Å²) in [5, 5.41) is 16.9. The second-order valence-electron chi connectivity index (χ2n) is 14.0. The molecule has 2 bridgehead atoms. The molecule has 2 amide bonds. The lowest BCUT2D eigenvalue weighted by Gasteiger charge is -2.45. The Morgan fingerprint density at radius 3 is 2.48 bits per heavy atom. The Bertz CT molecular complexity index is 1780. The third-order valence-electron chi connectivity index (χ3n) is 10.4. The molecule has 50 heavy (non-hydrogen) atoms. The minimum Gasteiger partial charge on any atom is -0.488 e. The third kappa shape index (κ3) is 7.31. The molecule has 3 N–H and O–H groups in total. The molecule has 3 aromatic carbocycles. The summed E-state index contributed by atoms with van der Waals surface area (Å²) >= 11 is 0. The van der Waals surface area contributed by atoms with Gasteiger partial charge in [-0.3, -0.25) is 9.59 Å². The second kappa shape index (κ2) is 14.6. The predicted molar refractivity (Wildman–Crippen MR) is 183 cm³/mol. The number of benzene rings is 3. The van der Waals surface area contributed by atoms with E-state index in [1.54, 1.807) is 0 Å². The van der Waals surface area contributed by atoms with E-state index in [0.717, 1.165) is 52.8 Å². The zero-order valence-corrected chi connectivity index (χ0v) is 28.1. The topological polar surface area (TPSA) is 94.1 Å². The standard InChI is InChI=1S/C39H43F3N4O4/c1-23-5-2-3-7-26(23)20-46(28-12-13-28)39(49)35-30(17-27-21-45(22-34(35)44-27)38(48)33-18-29(47)19-43-33)25-10-8-24(9-11-25)6-4-16-50-37-32(41)15-14-31(40)36(37)42/h2-3,5,7-11,14-15,27-29,33-34,43-44,47H,4,6,12-13,16-22H2,1H3/t27-,29+,33?,34-/m0/s1. The highest BCUT2D eigenvalue weighted by Gasteiger charge is 2.44. The van der Waals surface area contributed by atoms with Gasteiger partial charge in [-0.05, 0) is 85.4 Å². The molecule has 4 aliphatic rings. The molecule has 0 aromatic heterocycles. The maximum atomic E-state index is 14.8. The SMILES string of the molecule is Cc1ccccc1CN(C(=O)C1=C(c2ccc(CCCOc3c(F)ccc(F)c3F)cc2)C[C@H]2CN(C(=O)C3C[C@@H](O)CN3)C[C@@H]1N2)C1CC1. The number of rotatable bonds is 11. The van der Waals surface area contributed by atoms with Crippen molar-refractivity contribution in [3.63, 3.8) is 0 Å². The Hall–Kier alpha value is -4.19. The molecule has 4 atom stereocenters. The van der Waals surface area contributed by atoms with Crippen LogP contribution in [0.3, 0.4) is 0 Å². The van der Waals surface area contributed by atoms with Crippen molar-refractivity contribution < 1.29 is 32.6 Å². The van der Waals surface area contributed by atoms with Gasteiger partial charge in [0.05, 0.1) is 24.8 Å². The summed E-state index contributed by atoms with van der Waals surface area (Å²) in [6.07, 6.45) is 3.36. The van der Waals surface area contributed by atoms with Gasteiger partial charge < -0.3 is 30.3 Å². The van der Waals surface area contributed by atoms with Crippen molar-refractivity contribution in [3.8, 4) is 5.75 Å². The fourth-order valence-corrected chi connectivity index (χ4v) is 7.52. The zero-order valence-electron chi connectivity index (χ0n) is 28.1. The van der Waals surface area contributed by atoms with Crippen LogP contribution >= 0.6 is 0 Å². The summed E-state index contributed by atoms with van der Waals surface area (Å²) in [6.45, 7) is 3.86. The average Bonchev–Trinajstić information content (AvgIpc) is 3.87. The van der Waals surface area contributed by atoms with Gasteiger partial charge in [-0.25, -0.2) is 8.78 Å². The van der Waals surface area contributed by atoms with Crippen LogP contribution in [0.1, 0.15) is 54.4 Å². The molecule has 8 nitrogen and oxygen atoms in total. The number of piperazine rings is 1. The first-order valence-corrected chi connectivity index (χ1v) is 17.6. The quantitative estimate of drug-likeness (QED) is 0.201. The molecule has 2 saturated heterocycles. The largest absolute Gasteiger partial charge is 0.488 e. The number of carbonyl (C=O) groups is 2. The number of amides is 2. The monoisotopic (exact) mass is 688 g/mol. The summed E-state index contributed by atoms with van der Waals surface area (Å²) in [5.41, 5.74) is 5.85. The number of halogens is 3. The maximum absolute atomic E-state index is 14.8. The molecule has 1 saturated carbocycles. The molecule has 3 aliphatic heterocycles. The number of aryl methyl sites for hydroxylation is 2. The summed E-state index contributed by atoms with van der Waals surface area (Å²) in [6, 6.07) is 17.1. The summed E-state index contributed by atoms with van der Waals surface area (Å²) in [5.74, 6) is -4.20. The minimum atomic E-state index is -1.33. The first-order chi connectivity index (χ1) is 24.2. The van der Waals surface area contributed by atoms with E-state index in [1.807, 2.05) is 46.2 Å². The van der Waals surface area contributed by atoms with Gasteiger partial charge in [-0.2, -0.15) is 4.39 Å². The lowest BCUT2D eigenvalue weighted by atomic mass is 9.82. The molecule has 11 heteroatoms. The molecule has 3 aromatic rings. The van der Waals surface area contributed by atoms with Gasteiger partial charge in [0.15, 0.2) is 17.4 Å². The summed E-state index contributed by atoms with van der Waals surface area (Å²) < 4.78 is 46.7. The van der Waals surface area contributed by atoms with Gasteiger partial charge in [0.1, 0.15) is 0 Å². The van der Waals surface area contributed by atoms with Gasteiger partial charge in [0.25, 0.3) is 5.91 Å². The van der Waals surface area contributed by atoms with Crippen LogP contribution in [0.4, 0.5) is 13.2 Å². The van der Waals surface area contributed by atoms with E-state index < -0.39 is 35.3 Å². The van der Waals surface area contributed by atoms with Crippen molar-refractivity contribution in [1.29, 1.82) is 0 Å². The van der Waals surface area contributed by atoms with Gasteiger partial charge in [0, 0.05) is 43.8 Å². The second-order valence-corrected chi connectivity index (χ2v) is 14.0. The van der Waals surface area contributed by atoms with Crippen LogP contribution in [0, 0.1) is 24.4 Å². The highest BCUT2D eigenvalue weighted by atomic mass is 19.2. The molecular weight excluding hydrogens is 645 g/mol. The number of carbonyl (C=O) groups excluding carboxylic acids is 2. The maximum Gasteiger partial charge on any atom is 0.252 e. The van der Waals surface area contributed by atoms with E-state index in [9.17, 15) is 27.9 Å². The van der Waals surface area contributed by atoms with E-state index in [1.165, 1.54) is 0 Å². The van der Waals surface area contributed by atoms with Gasteiger partial charge in [-0.15, -0.1) is 0 Å². The molecule has 0 spiro atoms. The molecular formula is C39H43F3N4O4. The average molecular weight is 689 g/mol. The van der Waals surface area contributed by atoms with Crippen LogP contribution < -0.4 is 15.4 Å². The van der Waals surface area contributed by atoms with Crippen molar-refractivity contribution >= 4 is 17.4 Å². The Labute approximate surface area is 290 Å². The highest BCUT2D eigenvalue weighted by molar-refractivity contribution is 6.03. The number of β-amino-alcohol motifs (C(OH)–C–C–N with tert-alkyl or cyclic N) is 1. The van der Waals surface area contributed by atoms with Crippen LogP contribution in [0.2, 0.25) is 0 Å². The van der Waals surface area contributed by atoms with E-state index in [-0.39, 0.29) is 36.5 Å². The Morgan fingerprint density at radius 1 is 1.00 bits per heavy atom. The molecule has 1 aliphatic carbocycles. The van der Waals surface area contributed by atoms with Gasteiger partial charge in [-0.1, -0.05) is 48.5 Å². The minimum absolute atomic E-state index is 0.0107. The third-order valence-corrected chi connectivity index (χ3v) is 10.4. The van der Waals surface area contributed by atoms with Crippen molar-refractivity contribution in [2.45, 2.75) is 82.3 Å². The molecule has 7 rings (SSSR count). The fourth-order valence-electron chi connectivity index (χ4n) is 7.52. The molecule has 264 valence electrons. The van der Waals surface area contributed by atoms with Gasteiger partial charge >= 0.3 is 0 Å². The van der Waals surface area contributed by atoms with Crippen LogP contribution in [0.15, 0.2) is 66.2 Å². The molecule has 0 radical (unpaired) electrons. The van der Waals surface area contributed by atoms with Crippen molar-refractivity contribution in [2.24, 2.45) is 0 Å². The smallest absolute Gasteiger partial charge is 0.252 e. The molecule has 3 fully saturated rings. The lowest BCUT2D eigenvalue weighted by molar-refractivity contribution is -0.136. The summed E-state index contributed by atoms with van der Waals surface area (Å²) in [4.78, 5) is 32.2. The first-order valence-electron chi connectivity index (χ1n) is 17.6. The van der Waals surface area contributed by atoms with E-state index in [2.05, 4.69) is 29.7 Å². The number of nitrogens with zero attached hydrogens (tertiary/aromatic N) is 2. The number of nitrogens with one attached hydrogen (secondary N) is 2. The summed E-state index contributed by atoms with van der Waals surface area (Å²) in [7, 11) is 0. The van der Waals surface area contributed by atoms with Crippen molar-refractivity contribution in [2.75, 3.05) is 26.2 Å². The van der Waals surface area contributed by atoms with E-state index in [4.69, 9.17) is 4.74 Å². The Kier molecular flexibility index (Phi) is 9.99. The fraction of sp³-hybridized carbons (Fsp3) is 0.436. The number of fused-ring (bicyclic) bond motifs is 2. The normalized spacial score (nSPS) is 23.3. The van der Waals surface area contributed by atoms with Crippen LogP contribution in [-0.2, 0) is 22.6 Å². The number of ether oxygens (including phenoxy) is 1.